The van der Waals surface area contributed by atoms with Gasteiger partial charge in [-0.1, -0.05) is 83.4 Å². The summed E-state index contributed by atoms with van der Waals surface area (Å²) in [6.07, 6.45) is 6.56. The topological polar surface area (TPSA) is 83.8 Å². The zero-order valence-corrected chi connectivity index (χ0v) is 70.2. The summed E-state index contributed by atoms with van der Waals surface area (Å²) in [5, 5.41) is 0. The van der Waals surface area contributed by atoms with Gasteiger partial charge in [-0.25, -0.2) is 0 Å². The Kier molecular flexibility index (Phi) is 32.8. The van der Waals surface area contributed by atoms with Crippen LogP contribution in [0.1, 0.15) is 121 Å². The summed E-state index contributed by atoms with van der Waals surface area (Å²) < 4.78 is 30.2. The zero-order chi connectivity index (χ0) is 75.9. The molecule has 0 radical (unpaired) electrons. The molecule has 0 amide bonds. The summed E-state index contributed by atoms with van der Waals surface area (Å²) in [6, 6.07) is 51.0. The average molecular weight is 1660 g/mol. The molecule has 0 saturated carbocycles. The Bertz CT molecular complexity index is 4160. The Hall–Kier alpha value is -7.59. The maximum absolute atomic E-state index is 5.98. The number of halogens is 4. The van der Waals surface area contributed by atoms with Gasteiger partial charge in [-0.2, -0.15) is 13.3 Å². The predicted octanol–water partition coefficient (Wildman–Crippen LogP) is 22.7. The van der Waals surface area contributed by atoms with E-state index in [9.17, 15) is 0 Å². The normalized spacial score (nSPS) is 12.7. The van der Waals surface area contributed by atoms with Crippen molar-refractivity contribution in [3.05, 3.63) is 272 Å². The van der Waals surface area contributed by atoms with Gasteiger partial charge in [0.15, 0.2) is 0 Å². The van der Waals surface area contributed by atoms with Crippen LogP contribution in [-0.4, -0.2) is 82.4 Å². The summed E-state index contributed by atoms with van der Waals surface area (Å²) in [5.41, 5.74) is 29.5. The van der Waals surface area contributed by atoms with Gasteiger partial charge in [-0.15, -0.1) is 0 Å². The minimum absolute atomic E-state index is 0.158. The SMILES string of the molecule is C=Cc1cc(OC)ccc1C=Nc1ccc(OC)cc1.CCc1ccc(OC(C)C)c([CH]=[Ru]([Cl])[Cl])c1.COc1ccc(N=Cc2ccc(OC)cc2[CH]=[Ru]([Cl])[Cl])cc1.Cc1cc(C)c(N2[CH-]N(c3c(C)cc(C)cc3C)CC2)c(C)c1.Cc1cc(C)c(N2[CH-]N(c3c(C)cc(C)cc3C)CC2)c(C)c1. The molecule has 2 heterocycles. The fraction of sp³-hybridized carbons (Fsp3) is 0.287. The third-order valence-electron chi connectivity index (χ3n) is 17.3. The third-order valence-corrected chi connectivity index (χ3v) is 21.0. The Labute approximate surface area is 647 Å². The molecule has 0 unspecified atom stereocenters. The van der Waals surface area contributed by atoms with E-state index in [1.54, 1.807) is 40.7 Å². The Morgan fingerprint density at radius 2 is 0.712 bits per heavy atom. The molecule has 11 rings (SSSR count). The van der Waals surface area contributed by atoms with Crippen molar-refractivity contribution in [2.45, 2.75) is 116 Å². The summed E-state index contributed by atoms with van der Waals surface area (Å²) >= 11 is -3.72. The molecule has 556 valence electrons. The number of hydrogen-bond acceptors (Lipinski definition) is 11. The number of anilines is 4. The summed E-state index contributed by atoms with van der Waals surface area (Å²) in [4.78, 5) is 18.5. The van der Waals surface area contributed by atoms with Crippen molar-refractivity contribution in [2.75, 3.05) is 74.2 Å². The van der Waals surface area contributed by atoms with Gasteiger partial charge in [0, 0.05) is 60.7 Å². The maximum Gasteiger partial charge on any atom is 0.0146 e. The number of aryl methyl sites for hydroxylation is 13. The van der Waals surface area contributed by atoms with Crippen LogP contribution in [-0.2, 0) is 33.5 Å². The molecule has 2 saturated heterocycles. The van der Waals surface area contributed by atoms with Gasteiger partial charge in [0.25, 0.3) is 0 Å². The van der Waals surface area contributed by atoms with Crippen LogP contribution < -0.4 is 43.3 Å². The van der Waals surface area contributed by atoms with Gasteiger partial charge in [0.1, 0.15) is 11.5 Å². The number of benzene rings is 9. The van der Waals surface area contributed by atoms with E-state index in [1.807, 2.05) is 120 Å². The van der Waals surface area contributed by atoms with Crippen LogP contribution in [0.4, 0.5) is 34.1 Å². The first kappa shape index (κ1) is 83.7. The Morgan fingerprint density at radius 3 is 1.01 bits per heavy atom. The number of aliphatic imine (C=N–C) groups is 2. The minimum Gasteiger partial charge on any atom is -0.502 e. The molecule has 0 spiro atoms. The van der Waals surface area contributed by atoms with Gasteiger partial charge >= 0.3 is 254 Å². The Balaban J connectivity index is 0.000000183. The molecule has 9 aromatic carbocycles. The first-order valence-corrected chi connectivity index (χ1v) is 45.5. The minimum atomic E-state index is -1.92. The van der Waals surface area contributed by atoms with E-state index in [2.05, 4.69) is 200 Å². The first-order chi connectivity index (χ1) is 49.6. The van der Waals surface area contributed by atoms with Gasteiger partial charge in [0.2, 0.25) is 0 Å². The molecule has 17 heteroatoms. The Morgan fingerprint density at radius 1 is 0.404 bits per heavy atom. The van der Waals surface area contributed by atoms with Gasteiger partial charge in [-0.05, 0) is 176 Å². The van der Waals surface area contributed by atoms with Crippen LogP contribution in [0, 0.1) is 96.4 Å². The van der Waals surface area contributed by atoms with E-state index in [-0.39, 0.29) is 6.10 Å². The van der Waals surface area contributed by atoms with Crippen molar-refractivity contribution in [1.29, 1.82) is 0 Å². The molecule has 104 heavy (non-hydrogen) atoms. The molecule has 0 N–H and O–H groups in total. The fourth-order valence-electron chi connectivity index (χ4n) is 13.1. The monoisotopic (exact) mass is 1650 g/mol. The van der Waals surface area contributed by atoms with Gasteiger partial charge in [0.05, 0.1) is 19.9 Å². The van der Waals surface area contributed by atoms with Crippen molar-refractivity contribution < 1.29 is 50.7 Å². The number of nitrogens with zero attached hydrogens (tertiary/aromatic N) is 6. The van der Waals surface area contributed by atoms with Crippen molar-refractivity contribution in [2.24, 2.45) is 9.98 Å². The quantitative estimate of drug-likeness (QED) is 0.0474. The van der Waals surface area contributed by atoms with E-state index in [0.29, 0.717) is 0 Å². The number of hydrogen-bond donors (Lipinski definition) is 0. The van der Waals surface area contributed by atoms with E-state index in [0.717, 1.165) is 101 Å². The van der Waals surface area contributed by atoms with E-state index >= 15 is 0 Å². The molecular formula is C87H102Cl4N6O5Ru2-2. The van der Waals surface area contributed by atoms with E-state index in [4.69, 9.17) is 62.4 Å². The molecule has 0 aromatic heterocycles. The summed E-state index contributed by atoms with van der Waals surface area (Å²) in [7, 11) is 30.3. The van der Waals surface area contributed by atoms with Crippen LogP contribution in [0.25, 0.3) is 6.08 Å². The molecule has 0 atom stereocenters. The predicted molar refractivity (Wildman–Crippen MR) is 442 cm³/mol. The molecule has 2 fully saturated rings. The van der Waals surface area contributed by atoms with Gasteiger partial charge in [-0.3, -0.25) is 4.99 Å². The van der Waals surface area contributed by atoms with Crippen LogP contribution in [0.2, 0.25) is 0 Å². The average Bonchev–Trinajstić information content (AvgIpc) is 1.63. The molecule has 0 aliphatic carbocycles. The van der Waals surface area contributed by atoms with Crippen LogP contribution in [0.5, 0.6) is 28.7 Å². The zero-order valence-electron chi connectivity index (χ0n) is 63.7. The molecule has 11 nitrogen and oxygen atoms in total. The number of methoxy groups -OCH3 is 4. The largest absolute Gasteiger partial charge is 0.502 e. The van der Waals surface area contributed by atoms with Crippen LogP contribution in [0.15, 0.2) is 168 Å². The third kappa shape index (κ3) is 24.5. The molecular weight excluding hydrogens is 1550 g/mol. The van der Waals surface area contributed by atoms with Crippen molar-refractivity contribution >= 4 is 101 Å². The second-order valence-corrected chi connectivity index (χ2v) is 37.6. The molecule has 0 bridgehead atoms. The molecule has 2 aliphatic heterocycles. The smallest absolute Gasteiger partial charge is 0.0146 e. The van der Waals surface area contributed by atoms with E-state index < -0.39 is 27.0 Å². The number of ether oxygens (including phenoxy) is 5. The van der Waals surface area contributed by atoms with Crippen LogP contribution >= 0.6 is 38.8 Å². The van der Waals surface area contributed by atoms with E-state index in [1.165, 1.54) is 95.1 Å². The summed E-state index contributed by atoms with van der Waals surface area (Å²) in [5.74, 6) is 4.06. The van der Waals surface area contributed by atoms with Gasteiger partial charge < -0.3 is 29.1 Å². The fourth-order valence-corrected chi connectivity index (χ4v) is 16.7. The van der Waals surface area contributed by atoms with Crippen molar-refractivity contribution in [3.8, 4) is 28.7 Å². The maximum atomic E-state index is 5.98. The van der Waals surface area contributed by atoms with Crippen molar-refractivity contribution in [3.63, 3.8) is 0 Å². The second kappa shape index (κ2) is 40.8. The second-order valence-electron chi connectivity index (χ2n) is 26.1. The number of rotatable bonds is 18. The van der Waals surface area contributed by atoms with Crippen molar-refractivity contribution in [1.82, 2.24) is 0 Å². The van der Waals surface area contributed by atoms with Crippen LogP contribution in [0.3, 0.4) is 0 Å². The molecule has 2 aliphatic rings. The molecule has 9 aromatic rings. The summed E-state index contributed by atoms with van der Waals surface area (Å²) in [6.45, 7) is 45.1. The first-order valence-electron chi connectivity index (χ1n) is 34.5. The standard InChI is InChI=1S/2C21H27N2.C17H17NO2.C16H15NO2.C12H16O.4ClH.2Ru/c2*1-14-9-16(3)20(17(4)10-14)22-7-8-23(13-22)21-18(5)11-15(2)12-19(21)6;1-4-13-11-17(20-3)8-5-14(13)12-18-15-6-9-16(19-2)10-7-15;1-12-10-16(19-3)7-4-13(12)11-17-14-5-8-15(18-2)9-6-14;1-5-11-6-7-12(10(4)8-11)13-9(2)3;;;;;;/h2*9-13H,7-8H2,1-6H3;4-12H,1H2,2-3H3;1,4-11H,2-3H3;4,6-9H,5H2,1-3H3;4*1H;;/q2*-1;;;;;;;;2*+2/p-4.